The average Bonchev–Trinajstić information content (AvgIpc) is 3.09. The molecule has 5 rings (SSSR count). The number of benzene rings is 2. The summed E-state index contributed by atoms with van der Waals surface area (Å²) in [7, 11) is 2.03. The van der Waals surface area contributed by atoms with Crippen LogP contribution in [-0.2, 0) is 11.8 Å². The third kappa shape index (κ3) is 3.63. The SMILES string of the molecule is Cc1nc2cc(NC[C@@H]3CN(c4ccc(C#N)c5ncccc45)C[C@@H](C)O3)ccc2n1C. The van der Waals surface area contributed by atoms with Gasteiger partial charge in [-0.25, -0.2) is 4.98 Å². The molecule has 0 unspecified atom stereocenters. The van der Waals surface area contributed by atoms with Crippen LogP contribution in [0.15, 0.2) is 48.7 Å². The summed E-state index contributed by atoms with van der Waals surface area (Å²) in [5.74, 6) is 1.00. The largest absolute Gasteiger partial charge is 0.382 e. The van der Waals surface area contributed by atoms with Crippen molar-refractivity contribution in [3.05, 3.63) is 60.0 Å². The summed E-state index contributed by atoms with van der Waals surface area (Å²) < 4.78 is 8.33. The molecular weight excluding hydrogens is 400 g/mol. The molecule has 1 aliphatic rings. The summed E-state index contributed by atoms with van der Waals surface area (Å²) in [6.07, 6.45) is 1.86. The Balaban J connectivity index is 1.35. The van der Waals surface area contributed by atoms with Crippen LogP contribution >= 0.6 is 0 Å². The van der Waals surface area contributed by atoms with Gasteiger partial charge in [-0.05, 0) is 56.3 Å². The van der Waals surface area contributed by atoms with Crippen molar-refractivity contribution in [3.8, 4) is 6.07 Å². The minimum absolute atomic E-state index is 0.0299. The maximum absolute atomic E-state index is 9.44. The summed E-state index contributed by atoms with van der Waals surface area (Å²) in [5, 5.41) is 14.0. The fraction of sp³-hybridized carbons (Fsp3) is 0.320. The number of nitrogens with zero attached hydrogens (tertiary/aromatic N) is 5. The predicted molar refractivity (Wildman–Crippen MR) is 127 cm³/mol. The van der Waals surface area contributed by atoms with Gasteiger partial charge in [0.05, 0.1) is 34.3 Å². The second-order valence-electron chi connectivity index (χ2n) is 8.42. The van der Waals surface area contributed by atoms with Gasteiger partial charge >= 0.3 is 0 Å². The van der Waals surface area contributed by atoms with E-state index in [0.29, 0.717) is 12.1 Å². The molecule has 1 aliphatic heterocycles. The van der Waals surface area contributed by atoms with Gasteiger partial charge in [-0.3, -0.25) is 4.98 Å². The van der Waals surface area contributed by atoms with Gasteiger partial charge in [-0.2, -0.15) is 5.26 Å². The number of hydrogen-bond acceptors (Lipinski definition) is 6. The van der Waals surface area contributed by atoms with E-state index in [1.807, 2.05) is 38.2 Å². The minimum Gasteiger partial charge on any atom is -0.382 e. The van der Waals surface area contributed by atoms with Gasteiger partial charge < -0.3 is 19.5 Å². The lowest BCUT2D eigenvalue weighted by molar-refractivity contribution is -0.00819. The summed E-state index contributed by atoms with van der Waals surface area (Å²) in [6.45, 7) is 6.38. The molecule has 32 heavy (non-hydrogen) atoms. The second-order valence-corrected chi connectivity index (χ2v) is 8.42. The minimum atomic E-state index is 0.0299. The van der Waals surface area contributed by atoms with Crippen LogP contribution in [-0.4, -0.2) is 46.4 Å². The molecule has 1 saturated heterocycles. The van der Waals surface area contributed by atoms with E-state index in [4.69, 9.17) is 4.74 Å². The Kier molecular flexibility index (Phi) is 5.16. The molecule has 0 radical (unpaired) electrons. The van der Waals surface area contributed by atoms with Crippen molar-refractivity contribution >= 4 is 33.3 Å². The van der Waals surface area contributed by atoms with Crippen LogP contribution in [0.2, 0.25) is 0 Å². The lowest BCUT2D eigenvalue weighted by Crippen LogP contribution is -2.49. The molecule has 4 aromatic rings. The van der Waals surface area contributed by atoms with Crippen LogP contribution in [0.3, 0.4) is 0 Å². The van der Waals surface area contributed by atoms with E-state index >= 15 is 0 Å². The Hall–Kier alpha value is -3.63. The first kappa shape index (κ1) is 20.3. The number of hydrogen-bond donors (Lipinski definition) is 1. The molecule has 3 heterocycles. The van der Waals surface area contributed by atoms with Gasteiger partial charge in [-0.1, -0.05) is 0 Å². The molecule has 0 amide bonds. The molecule has 7 nitrogen and oxygen atoms in total. The van der Waals surface area contributed by atoms with Crippen molar-refractivity contribution in [1.29, 1.82) is 5.26 Å². The Morgan fingerprint density at radius 2 is 2.09 bits per heavy atom. The number of anilines is 2. The van der Waals surface area contributed by atoms with Crippen molar-refractivity contribution in [3.63, 3.8) is 0 Å². The van der Waals surface area contributed by atoms with E-state index in [9.17, 15) is 5.26 Å². The van der Waals surface area contributed by atoms with Gasteiger partial charge in [0, 0.05) is 49.6 Å². The summed E-state index contributed by atoms with van der Waals surface area (Å²) >= 11 is 0. The number of nitrogens with one attached hydrogen (secondary N) is 1. The fourth-order valence-corrected chi connectivity index (χ4v) is 4.54. The zero-order chi connectivity index (χ0) is 22.2. The molecule has 0 aliphatic carbocycles. The van der Waals surface area contributed by atoms with Crippen molar-refractivity contribution in [2.75, 3.05) is 29.9 Å². The van der Waals surface area contributed by atoms with E-state index in [1.54, 1.807) is 6.20 Å². The van der Waals surface area contributed by atoms with Crippen molar-refractivity contribution in [1.82, 2.24) is 14.5 Å². The summed E-state index contributed by atoms with van der Waals surface area (Å²) in [6, 6.07) is 16.4. The number of ether oxygens (including phenoxy) is 1. The number of rotatable bonds is 4. The van der Waals surface area contributed by atoms with Gasteiger partial charge in [0.25, 0.3) is 0 Å². The normalized spacial score (nSPS) is 18.8. The fourth-order valence-electron chi connectivity index (χ4n) is 4.54. The van der Waals surface area contributed by atoms with Crippen molar-refractivity contribution in [2.45, 2.75) is 26.1 Å². The average molecular weight is 427 g/mol. The second kappa shape index (κ2) is 8.13. The maximum Gasteiger partial charge on any atom is 0.106 e. The van der Waals surface area contributed by atoms with Gasteiger partial charge in [-0.15, -0.1) is 0 Å². The third-order valence-electron chi connectivity index (χ3n) is 6.17. The molecule has 1 fully saturated rings. The lowest BCUT2D eigenvalue weighted by Gasteiger charge is -2.39. The van der Waals surface area contributed by atoms with Crippen LogP contribution in [0.4, 0.5) is 11.4 Å². The Morgan fingerprint density at radius 3 is 2.94 bits per heavy atom. The highest BCUT2D eigenvalue weighted by atomic mass is 16.5. The van der Waals surface area contributed by atoms with E-state index in [2.05, 4.69) is 55.9 Å². The van der Waals surface area contributed by atoms with Crippen LogP contribution in [0.25, 0.3) is 21.9 Å². The highest BCUT2D eigenvalue weighted by Crippen LogP contribution is 2.30. The molecular formula is C25H26N6O. The molecule has 2 atom stereocenters. The molecule has 0 saturated carbocycles. The predicted octanol–water partition coefficient (Wildman–Crippen LogP) is 4.01. The zero-order valence-electron chi connectivity index (χ0n) is 18.5. The number of nitriles is 1. The molecule has 2 aromatic carbocycles. The Bertz CT molecular complexity index is 1340. The summed E-state index contributed by atoms with van der Waals surface area (Å²) in [5.41, 5.74) is 5.60. The van der Waals surface area contributed by atoms with Gasteiger partial charge in [0.1, 0.15) is 11.9 Å². The van der Waals surface area contributed by atoms with E-state index in [-0.39, 0.29) is 12.2 Å². The van der Waals surface area contributed by atoms with Gasteiger partial charge in [0.2, 0.25) is 0 Å². The van der Waals surface area contributed by atoms with E-state index < -0.39 is 0 Å². The number of aromatic nitrogens is 3. The molecule has 1 N–H and O–H groups in total. The molecule has 7 heteroatoms. The van der Waals surface area contributed by atoms with Crippen LogP contribution in [0, 0.1) is 18.3 Å². The van der Waals surface area contributed by atoms with Crippen LogP contribution in [0.1, 0.15) is 18.3 Å². The first-order valence-electron chi connectivity index (χ1n) is 10.9. The van der Waals surface area contributed by atoms with Crippen molar-refractivity contribution < 1.29 is 4.74 Å². The maximum atomic E-state index is 9.44. The first-order valence-corrected chi connectivity index (χ1v) is 10.9. The van der Waals surface area contributed by atoms with E-state index in [0.717, 1.165) is 52.2 Å². The molecule has 0 spiro atoms. The first-order chi connectivity index (χ1) is 15.5. The van der Waals surface area contributed by atoms with Crippen LogP contribution < -0.4 is 10.2 Å². The highest BCUT2D eigenvalue weighted by molar-refractivity contribution is 5.95. The lowest BCUT2D eigenvalue weighted by atomic mass is 10.1. The summed E-state index contributed by atoms with van der Waals surface area (Å²) in [4.78, 5) is 11.4. The number of imidazole rings is 1. The third-order valence-corrected chi connectivity index (χ3v) is 6.17. The van der Waals surface area contributed by atoms with E-state index in [1.165, 1.54) is 0 Å². The Labute approximate surface area is 187 Å². The van der Waals surface area contributed by atoms with Crippen LogP contribution in [0.5, 0.6) is 0 Å². The number of morpholine rings is 1. The Morgan fingerprint density at radius 1 is 1.22 bits per heavy atom. The smallest absolute Gasteiger partial charge is 0.106 e. The number of fused-ring (bicyclic) bond motifs is 2. The highest BCUT2D eigenvalue weighted by Gasteiger charge is 2.26. The molecule has 0 bridgehead atoms. The number of pyridine rings is 1. The standard InChI is InChI=1S/C25H26N6O/c1-16-14-31(23-8-6-18(12-26)25-21(23)5-4-10-27-25)15-20(32-16)13-28-19-7-9-24-22(11-19)29-17(2)30(24)3/h4-11,16,20,28H,13-15H2,1-3H3/t16-,20-/m1/s1. The molecule has 2 aromatic heterocycles. The monoisotopic (exact) mass is 426 g/mol. The zero-order valence-corrected chi connectivity index (χ0v) is 18.5. The molecule has 162 valence electrons. The number of aryl methyl sites for hydroxylation is 2. The van der Waals surface area contributed by atoms with Gasteiger partial charge in [0.15, 0.2) is 0 Å². The topological polar surface area (TPSA) is 79.0 Å². The quantitative estimate of drug-likeness (QED) is 0.531. The van der Waals surface area contributed by atoms with Crippen molar-refractivity contribution in [2.24, 2.45) is 7.05 Å².